The lowest BCUT2D eigenvalue weighted by Crippen LogP contribution is -2.43. The number of nitrogens with two attached hydrogens (primary N) is 1. The van der Waals surface area contributed by atoms with E-state index in [0.717, 1.165) is 6.07 Å². The minimum Gasteiger partial charge on any atom is -0.461 e. The molecule has 3 aliphatic heterocycles. The normalized spacial score (nSPS) is 28.4. The van der Waals surface area contributed by atoms with Crippen LogP contribution in [0.15, 0.2) is 24.4 Å². The number of pyridine rings is 1. The van der Waals surface area contributed by atoms with E-state index in [2.05, 4.69) is 20.9 Å². The van der Waals surface area contributed by atoms with Gasteiger partial charge in [-0.1, -0.05) is 5.92 Å². The van der Waals surface area contributed by atoms with Crippen LogP contribution in [0, 0.1) is 29.8 Å². The highest BCUT2D eigenvalue weighted by atomic mass is 19.2. The van der Waals surface area contributed by atoms with Gasteiger partial charge in [-0.25, -0.2) is 22.0 Å². The molecule has 238 valence electrons. The molecule has 1 saturated carbocycles. The Bertz CT molecular complexity index is 2050. The van der Waals surface area contributed by atoms with Crippen molar-refractivity contribution >= 4 is 33.2 Å². The zero-order valence-electron chi connectivity index (χ0n) is 26.4. The fraction of sp³-hybridized carbons (Fsp3) is 0.424. The van der Waals surface area contributed by atoms with Crippen molar-refractivity contribution < 1.29 is 34.2 Å². The lowest BCUT2D eigenvalue weighted by atomic mass is 9.95. The Labute approximate surface area is 263 Å². The topological polar surface area (TPSA) is 89.6 Å². The predicted molar refractivity (Wildman–Crippen MR) is 161 cm³/mol. The number of anilines is 2. The highest BCUT2D eigenvalue weighted by molar-refractivity contribution is 6.04. The first-order valence-electron chi connectivity index (χ1n) is 16.1. The quantitative estimate of drug-likeness (QED) is 0.184. The number of alkyl halides is 2. The molecule has 0 radical (unpaired) electrons. The van der Waals surface area contributed by atoms with E-state index >= 15 is 4.39 Å². The third kappa shape index (κ3) is 4.45. The number of benzene rings is 2. The molecule has 5 heterocycles. The molecule has 0 amide bonds. The van der Waals surface area contributed by atoms with Crippen LogP contribution in [-0.2, 0) is 4.74 Å². The van der Waals surface area contributed by atoms with Gasteiger partial charge < -0.3 is 20.1 Å². The van der Waals surface area contributed by atoms with E-state index in [0.29, 0.717) is 32.4 Å². The van der Waals surface area contributed by atoms with Crippen molar-refractivity contribution in [3.8, 4) is 29.6 Å². The number of hydrogen-bond acceptors (Lipinski definition) is 8. The van der Waals surface area contributed by atoms with Crippen LogP contribution >= 0.6 is 0 Å². The van der Waals surface area contributed by atoms with E-state index in [9.17, 15) is 17.6 Å². The Kier molecular flexibility index (Phi) is 6.22. The van der Waals surface area contributed by atoms with E-state index in [1.54, 1.807) is 9.80 Å². The molecular formula is C33H29F5N6O2. The van der Waals surface area contributed by atoms with Crippen molar-refractivity contribution in [2.45, 2.75) is 55.7 Å². The molecule has 8 nitrogen and oxygen atoms in total. The molecule has 4 aromatic rings. The third-order valence-corrected chi connectivity index (χ3v) is 9.45. The number of hydrogen-bond donors (Lipinski definition) is 1. The Balaban J connectivity index is 1.33. The van der Waals surface area contributed by atoms with Crippen LogP contribution in [-0.4, -0.2) is 82.7 Å². The molecule has 2 N–H and O–H groups in total. The van der Waals surface area contributed by atoms with Crippen LogP contribution in [0.4, 0.5) is 33.5 Å². The molecule has 4 fully saturated rings. The Morgan fingerprint density at radius 2 is 2.00 bits per heavy atom. The average Bonchev–Trinajstić information content (AvgIpc) is 3.39. The second-order valence-corrected chi connectivity index (χ2v) is 12.3. The standard InChI is InChI=1S/C33H29F5N6O2/c1-2-19-23-16(10-22(35)24(19)36)9-18(39)11-20(23)27-25(37)28-21(13-40-27)31(44-7-4-8-45-30-26(38)29(30)44)42-32(41-28)46-15-33-5-3-6-43(33)14-17(34)12-33/h1,9-11,13,17,26,29-30H,3-8,12,14-15,39H2/t17-,26-,29-,30+,33+/m1/s1/i15D2. The summed E-state index contributed by atoms with van der Waals surface area (Å²) in [7, 11) is 0. The first-order valence-corrected chi connectivity index (χ1v) is 15.1. The highest BCUT2D eigenvalue weighted by Gasteiger charge is 2.58. The maximum Gasteiger partial charge on any atom is 0.319 e. The highest BCUT2D eigenvalue weighted by Crippen LogP contribution is 2.44. The SMILES string of the molecule is [2H]C([2H])(Oc1nc(N2CCCO[C@H]3[C@H](F)[C@H]32)c2cnc(-c3cc(N)cc4cc(F)c(F)c(C#C)c34)c(F)c2n1)[C@@]12CCCN1C[C@H](F)C2. The van der Waals surface area contributed by atoms with Crippen molar-refractivity contribution in [1.82, 2.24) is 19.9 Å². The lowest BCUT2D eigenvalue weighted by molar-refractivity contribution is 0.105. The second kappa shape index (κ2) is 10.6. The Morgan fingerprint density at radius 3 is 2.83 bits per heavy atom. The van der Waals surface area contributed by atoms with E-state index in [-0.39, 0.29) is 63.9 Å². The zero-order valence-corrected chi connectivity index (χ0v) is 24.4. The number of rotatable bonds is 5. The summed E-state index contributed by atoms with van der Waals surface area (Å²) in [5, 5.41) is 0.170. The molecule has 4 aliphatic rings. The van der Waals surface area contributed by atoms with Crippen LogP contribution in [0.1, 0.15) is 34.0 Å². The summed E-state index contributed by atoms with van der Waals surface area (Å²) >= 11 is 0. The maximum absolute atomic E-state index is 16.9. The van der Waals surface area contributed by atoms with Gasteiger partial charge in [-0.15, -0.1) is 6.42 Å². The number of nitrogens with zero attached hydrogens (tertiary/aromatic N) is 5. The Hall–Kier alpha value is -4.28. The smallest absolute Gasteiger partial charge is 0.319 e. The molecule has 46 heavy (non-hydrogen) atoms. The number of fused-ring (bicyclic) bond motifs is 4. The van der Waals surface area contributed by atoms with Gasteiger partial charge >= 0.3 is 6.01 Å². The molecule has 5 atom stereocenters. The molecule has 0 bridgehead atoms. The van der Waals surface area contributed by atoms with Crippen LogP contribution < -0.4 is 15.4 Å². The molecule has 8 rings (SSSR count). The van der Waals surface area contributed by atoms with Gasteiger partial charge in [-0.3, -0.25) is 9.88 Å². The summed E-state index contributed by atoms with van der Waals surface area (Å²) in [5.41, 5.74) is 3.68. The lowest BCUT2D eigenvalue weighted by Gasteiger charge is -2.31. The first-order chi connectivity index (χ1) is 22.9. The summed E-state index contributed by atoms with van der Waals surface area (Å²) in [6.45, 7) is -1.38. The molecule has 0 spiro atoms. The number of terminal acetylenes is 1. The van der Waals surface area contributed by atoms with Gasteiger partial charge in [0.05, 0.1) is 25.3 Å². The number of ether oxygens (including phenoxy) is 2. The van der Waals surface area contributed by atoms with Crippen LogP contribution in [0.3, 0.4) is 0 Å². The van der Waals surface area contributed by atoms with Gasteiger partial charge in [-0.05, 0) is 49.4 Å². The summed E-state index contributed by atoms with van der Waals surface area (Å²) < 4.78 is 105. The minimum absolute atomic E-state index is 0.00775. The van der Waals surface area contributed by atoms with Crippen LogP contribution in [0.2, 0.25) is 0 Å². The van der Waals surface area contributed by atoms with Crippen molar-refractivity contribution in [3.05, 3.63) is 47.4 Å². The van der Waals surface area contributed by atoms with Crippen LogP contribution in [0.25, 0.3) is 32.9 Å². The summed E-state index contributed by atoms with van der Waals surface area (Å²) in [6.07, 6.45) is 4.87. The van der Waals surface area contributed by atoms with Gasteiger partial charge in [0.15, 0.2) is 23.6 Å². The van der Waals surface area contributed by atoms with E-state index in [4.69, 9.17) is 24.4 Å². The molecule has 2 aromatic heterocycles. The molecule has 13 heteroatoms. The monoisotopic (exact) mass is 638 g/mol. The van der Waals surface area contributed by atoms with Gasteiger partial charge in [0.2, 0.25) is 0 Å². The molecular weight excluding hydrogens is 607 g/mol. The third-order valence-electron chi connectivity index (χ3n) is 9.45. The number of aromatic nitrogens is 3. The number of nitrogen functional groups attached to an aromatic ring is 1. The largest absolute Gasteiger partial charge is 0.461 e. The summed E-state index contributed by atoms with van der Waals surface area (Å²) in [4.78, 5) is 16.5. The van der Waals surface area contributed by atoms with E-state index < -0.39 is 65.6 Å². The summed E-state index contributed by atoms with van der Waals surface area (Å²) in [6, 6.07) is 2.31. The van der Waals surface area contributed by atoms with Gasteiger partial charge in [-0.2, -0.15) is 9.97 Å². The maximum atomic E-state index is 16.9. The average molecular weight is 639 g/mol. The fourth-order valence-electron chi connectivity index (χ4n) is 7.33. The van der Waals surface area contributed by atoms with Crippen molar-refractivity contribution in [2.75, 3.05) is 43.4 Å². The Morgan fingerprint density at radius 1 is 1.15 bits per heavy atom. The van der Waals surface area contributed by atoms with Crippen molar-refractivity contribution in [1.29, 1.82) is 0 Å². The molecule has 1 aliphatic carbocycles. The van der Waals surface area contributed by atoms with Gasteiger partial charge in [0.1, 0.15) is 35.9 Å². The molecule has 2 aromatic carbocycles. The summed E-state index contributed by atoms with van der Waals surface area (Å²) in [5.74, 6) is -1.36. The van der Waals surface area contributed by atoms with E-state index in [1.165, 1.54) is 18.3 Å². The van der Waals surface area contributed by atoms with E-state index in [1.807, 2.05) is 0 Å². The van der Waals surface area contributed by atoms with Crippen LogP contribution in [0.5, 0.6) is 6.01 Å². The predicted octanol–water partition coefficient (Wildman–Crippen LogP) is 5.10. The second-order valence-electron chi connectivity index (χ2n) is 12.3. The van der Waals surface area contributed by atoms with Gasteiger partial charge in [0, 0.05) is 49.0 Å². The molecule has 3 saturated heterocycles. The fourth-order valence-corrected chi connectivity index (χ4v) is 7.33. The minimum atomic E-state index is -2.50. The number of halogens is 5. The zero-order chi connectivity index (χ0) is 33.7. The van der Waals surface area contributed by atoms with Crippen molar-refractivity contribution in [2.24, 2.45) is 0 Å². The molecule has 0 unspecified atom stereocenters. The van der Waals surface area contributed by atoms with Gasteiger partial charge in [0.25, 0.3) is 0 Å². The first kappa shape index (κ1) is 26.9. The van der Waals surface area contributed by atoms with Crippen molar-refractivity contribution in [3.63, 3.8) is 0 Å².